The monoisotopic (exact) mass is 259 g/mol. The van der Waals surface area contributed by atoms with Crippen molar-refractivity contribution in [2.75, 3.05) is 0 Å². The second kappa shape index (κ2) is 4.48. The van der Waals surface area contributed by atoms with E-state index >= 15 is 0 Å². The normalized spacial score (nSPS) is 12.8. The highest BCUT2D eigenvalue weighted by molar-refractivity contribution is 7.90. The van der Waals surface area contributed by atoms with Crippen molar-refractivity contribution in [1.29, 1.82) is 0 Å². The molecular formula is C14H10FNOS. The Labute approximate surface area is 107 Å². The highest BCUT2D eigenvalue weighted by atomic mass is 32.2. The minimum absolute atomic E-state index is 0.326. The standard InChI is InChI=1S/C14H10FNOS/c15-12-5-7-13(8-6-12)18(17)16-10-9-11-3-1-2-4-14(11)16/h1-10H. The van der Waals surface area contributed by atoms with Crippen molar-refractivity contribution < 1.29 is 8.94 Å². The lowest BCUT2D eigenvalue weighted by atomic mass is 10.3. The van der Waals surface area contributed by atoms with E-state index in [0.717, 1.165) is 10.9 Å². The topological polar surface area (TPSA) is 28.0 Å². The lowest BCUT2D eigenvalue weighted by Crippen LogP contribution is -2.11. The fourth-order valence-corrected chi connectivity index (χ4v) is 2.98. The third-order valence-electron chi connectivity index (χ3n) is 2.76. The average Bonchev–Trinajstić information content (AvgIpc) is 2.82. The summed E-state index contributed by atoms with van der Waals surface area (Å²) < 4.78 is 26.9. The van der Waals surface area contributed by atoms with Crippen LogP contribution in [0.25, 0.3) is 10.9 Å². The van der Waals surface area contributed by atoms with E-state index in [1.807, 2.05) is 30.3 Å². The van der Waals surface area contributed by atoms with Crippen LogP contribution >= 0.6 is 0 Å². The van der Waals surface area contributed by atoms with Crippen LogP contribution in [0.15, 0.2) is 65.7 Å². The molecule has 18 heavy (non-hydrogen) atoms. The Morgan fingerprint density at radius 2 is 1.67 bits per heavy atom. The maximum absolute atomic E-state index is 12.8. The Hall–Kier alpha value is -1.78. The predicted molar refractivity (Wildman–Crippen MR) is 70.1 cm³/mol. The Bertz CT molecular complexity index is 678. The molecule has 0 saturated carbocycles. The minimum atomic E-state index is -1.35. The zero-order valence-corrected chi connectivity index (χ0v) is 10.2. The van der Waals surface area contributed by atoms with Crippen LogP contribution in [-0.2, 0) is 11.4 Å². The molecule has 0 aliphatic heterocycles. The molecule has 3 rings (SSSR count). The molecule has 4 heteroatoms. The maximum Gasteiger partial charge on any atom is 0.180 e. The summed E-state index contributed by atoms with van der Waals surface area (Å²) in [4.78, 5) is 0.581. The fourth-order valence-electron chi connectivity index (χ4n) is 1.87. The molecule has 1 heterocycles. The molecule has 0 saturated heterocycles. The molecular weight excluding hydrogens is 249 g/mol. The third kappa shape index (κ3) is 1.89. The molecule has 0 fully saturated rings. The fraction of sp³-hybridized carbons (Fsp3) is 0. The first kappa shape index (κ1) is 11.3. The number of nitrogens with zero attached hydrogens (tertiary/aromatic N) is 1. The van der Waals surface area contributed by atoms with Gasteiger partial charge in [-0.3, -0.25) is 0 Å². The SMILES string of the molecule is [O-][S+](c1ccc(F)cc1)n1ccc2ccccc21. The number of halogens is 1. The molecule has 90 valence electrons. The number of hydrogen-bond donors (Lipinski definition) is 0. The molecule has 2 nitrogen and oxygen atoms in total. The van der Waals surface area contributed by atoms with Crippen molar-refractivity contribution >= 4 is 22.3 Å². The van der Waals surface area contributed by atoms with Crippen LogP contribution < -0.4 is 0 Å². The van der Waals surface area contributed by atoms with Gasteiger partial charge in [-0.15, -0.1) is 0 Å². The quantitative estimate of drug-likeness (QED) is 0.649. The van der Waals surface area contributed by atoms with Gasteiger partial charge in [0.15, 0.2) is 4.90 Å². The van der Waals surface area contributed by atoms with Crippen molar-refractivity contribution in [1.82, 2.24) is 3.97 Å². The first-order chi connectivity index (χ1) is 8.75. The van der Waals surface area contributed by atoms with Crippen LogP contribution in [0.1, 0.15) is 0 Å². The number of aromatic nitrogens is 1. The van der Waals surface area contributed by atoms with Crippen LogP contribution in [0.3, 0.4) is 0 Å². The molecule has 0 spiro atoms. The Balaban J connectivity index is 2.06. The first-order valence-electron chi connectivity index (χ1n) is 5.49. The summed E-state index contributed by atoms with van der Waals surface area (Å²) in [7, 11) is 0. The smallest absolute Gasteiger partial charge is 0.180 e. The molecule has 1 aromatic heterocycles. The zero-order chi connectivity index (χ0) is 12.5. The van der Waals surface area contributed by atoms with Gasteiger partial charge >= 0.3 is 0 Å². The van der Waals surface area contributed by atoms with Gasteiger partial charge in [0.25, 0.3) is 0 Å². The summed E-state index contributed by atoms with van der Waals surface area (Å²) >= 11 is -1.35. The molecule has 0 aliphatic carbocycles. The van der Waals surface area contributed by atoms with Crippen LogP contribution in [0.4, 0.5) is 4.39 Å². The highest BCUT2D eigenvalue weighted by Gasteiger charge is 2.16. The van der Waals surface area contributed by atoms with Gasteiger partial charge in [-0.2, -0.15) is 3.97 Å². The first-order valence-corrected chi connectivity index (χ1v) is 6.60. The van der Waals surface area contributed by atoms with Gasteiger partial charge in [0.2, 0.25) is 0 Å². The number of para-hydroxylation sites is 1. The molecule has 2 aromatic carbocycles. The lowest BCUT2D eigenvalue weighted by Gasteiger charge is -2.11. The minimum Gasteiger partial charge on any atom is -0.587 e. The summed E-state index contributed by atoms with van der Waals surface area (Å²) in [5.74, 6) is -0.326. The van der Waals surface area contributed by atoms with Gasteiger partial charge in [0.05, 0.1) is 11.7 Å². The molecule has 3 aromatic rings. The van der Waals surface area contributed by atoms with Crippen molar-refractivity contribution in [2.45, 2.75) is 4.90 Å². The van der Waals surface area contributed by atoms with Gasteiger partial charge in [0, 0.05) is 5.39 Å². The van der Waals surface area contributed by atoms with Gasteiger partial charge in [0.1, 0.15) is 17.2 Å². The van der Waals surface area contributed by atoms with Crippen molar-refractivity contribution in [3.05, 3.63) is 66.6 Å². The van der Waals surface area contributed by atoms with Crippen LogP contribution in [0, 0.1) is 5.82 Å². The molecule has 1 unspecified atom stereocenters. The summed E-state index contributed by atoms with van der Waals surface area (Å²) in [5, 5.41) is 1.04. The molecule has 0 amide bonds. The lowest BCUT2D eigenvalue weighted by molar-refractivity contribution is 0.587. The van der Waals surface area contributed by atoms with E-state index in [4.69, 9.17) is 0 Å². The number of benzene rings is 2. The Morgan fingerprint density at radius 1 is 0.944 bits per heavy atom. The van der Waals surface area contributed by atoms with Crippen LogP contribution in [0.2, 0.25) is 0 Å². The van der Waals surface area contributed by atoms with Crippen LogP contribution in [-0.4, -0.2) is 8.53 Å². The molecule has 0 N–H and O–H groups in total. The number of hydrogen-bond acceptors (Lipinski definition) is 1. The van der Waals surface area contributed by atoms with E-state index in [-0.39, 0.29) is 5.82 Å². The van der Waals surface area contributed by atoms with E-state index < -0.39 is 11.4 Å². The van der Waals surface area contributed by atoms with Gasteiger partial charge in [-0.25, -0.2) is 4.39 Å². The van der Waals surface area contributed by atoms with E-state index in [2.05, 4.69) is 0 Å². The van der Waals surface area contributed by atoms with E-state index in [9.17, 15) is 8.94 Å². The molecule has 0 aliphatic rings. The summed E-state index contributed by atoms with van der Waals surface area (Å²) in [6.07, 6.45) is 1.78. The Morgan fingerprint density at radius 3 is 2.44 bits per heavy atom. The van der Waals surface area contributed by atoms with E-state index in [1.165, 1.54) is 12.1 Å². The van der Waals surface area contributed by atoms with Crippen molar-refractivity contribution in [3.63, 3.8) is 0 Å². The summed E-state index contributed by atoms with van der Waals surface area (Å²) in [6, 6.07) is 15.4. The van der Waals surface area contributed by atoms with Gasteiger partial charge in [-0.1, -0.05) is 18.2 Å². The average molecular weight is 259 g/mol. The zero-order valence-electron chi connectivity index (χ0n) is 9.42. The molecule has 0 radical (unpaired) electrons. The predicted octanol–water partition coefficient (Wildman–Crippen LogP) is 3.35. The van der Waals surface area contributed by atoms with Gasteiger partial charge < -0.3 is 4.55 Å². The van der Waals surface area contributed by atoms with Crippen LogP contribution in [0.5, 0.6) is 0 Å². The summed E-state index contributed by atoms with van der Waals surface area (Å²) in [5.41, 5.74) is 0.903. The second-order valence-electron chi connectivity index (χ2n) is 3.90. The van der Waals surface area contributed by atoms with Crippen molar-refractivity contribution in [2.24, 2.45) is 0 Å². The van der Waals surface area contributed by atoms with E-state index in [1.54, 1.807) is 22.3 Å². The van der Waals surface area contributed by atoms with Gasteiger partial charge in [-0.05, 0) is 36.4 Å². The second-order valence-corrected chi connectivity index (χ2v) is 5.27. The van der Waals surface area contributed by atoms with Crippen molar-refractivity contribution in [3.8, 4) is 0 Å². The number of fused-ring (bicyclic) bond motifs is 1. The highest BCUT2D eigenvalue weighted by Crippen LogP contribution is 2.21. The largest absolute Gasteiger partial charge is 0.587 e. The Kier molecular flexibility index (Phi) is 2.81. The van der Waals surface area contributed by atoms with E-state index in [0.29, 0.717) is 4.90 Å². The molecule has 1 atom stereocenters. The number of rotatable bonds is 2. The molecule has 0 bridgehead atoms. The summed E-state index contributed by atoms with van der Waals surface area (Å²) in [6.45, 7) is 0. The maximum atomic E-state index is 12.8. The third-order valence-corrected chi connectivity index (χ3v) is 4.11.